The minimum absolute atomic E-state index is 0.0590. The van der Waals surface area contributed by atoms with E-state index >= 15 is 0 Å². The van der Waals surface area contributed by atoms with Crippen molar-refractivity contribution < 1.29 is 23.5 Å². The predicted octanol–water partition coefficient (Wildman–Crippen LogP) is 6.62. The first-order chi connectivity index (χ1) is 21.4. The number of esters is 1. The normalized spacial score (nSPS) is 18.2. The molecular formula is C35H32FN3O4S. The number of halogens is 1. The van der Waals surface area contributed by atoms with E-state index in [0.717, 1.165) is 36.8 Å². The number of benzene rings is 2. The molecule has 2 aromatic heterocycles. The Bertz CT molecular complexity index is 1780. The summed E-state index contributed by atoms with van der Waals surface area (Å²) in [4.78, 5) is 49.0. The third kappa shape index (κ3) is 4.99. The van der Waals surface area contributed by atoms with Crippen molar-refractivity contribution in [1.82, 2.24) is 15.2 Å². The van der Waals surface area contributed by atoms with Crippen LogP contribution in [0.25, 0.3) is 10.4 Å². The molecule has 9 heteroatoms. The number of carbonyl (C=O) groups excluding carboxylic acids is 3. The Morgan fingerprint density at radius 1 is 1.05 bits per heavy atom. The van der Waals surface area contributed by atoms with Crippen molar-refractivity contribution >= 4 is 29.1 Å². The van der Waals surface area contributed by atoms with Crippen LogP contribution in [0.2, 0.25) is 0 Å². The number of hydrogen-bond acceptors (Lipinski definition) is 6. The molecule has 2 aliphatic heterocycles. The maximum absolute atomic E-state index is 13.8. The van der Waals surface area contributed by atoms with E-state index in [4.69, 9.17) is 9.72 Å². The molecule has 1 fully saturated rings. The third-order valence-electron chi connectivity index (χ3n) is 8.90. The molecule has 1 saturated heterocycles. The molecule has 224 valence electrons. The molecule has 0 spiro atoms. The molecule has 44 heavy (non-hydrogen) atoms. The second-order valence-electron chi connectivity index (χ2n) is 11.5. The number of ether oxygens (including phenoxy) is 1. The van der Waals surface area contributed by atoms with Crippen LogP contribution in [0.5, 0.6) is 0 Å². The number of nitrogens with zero attached hydrogens (tertiary/aromatic N) is 2. The third-order valence-corrected chi connectivity index (χ3v) is 10.0. The summed E-state index contributed by atoms with van der Waals surface area (Å²) in [5.41, 5.74) is 5.73. The Hall–Kier alpha value is -4.37. The summed E-state index contributed by atoms with van der Waals surface area (Å²) in [6, 6.07) is 17.8. The number of pyridine rings is 1. The van der Waals surface area contributed by atoms with Crippen molar-refractivity contribution in [2.45, 2.75) is 57.5 Å². The number of nitrogens with one attached hydrogen (secondary N) is 1. The Morgan fingerprint density at radius 2 is 1.86 bits per heavy atom. The van der Waals surface area contributed by atoms with E-state index in [2.05, 4.69) is 17.4 Å². The van der Waals surface area contributed by atoms with E-state index in [9.17, 15) is 18.8 Å². The van der Waals surface area contributed by atoms with Crippen LogP contribution in [0, 0.1) is 5.82 Å². The van der Waals surface area contributed by atoms with Gasteiger partial charge in [-0.05, 0) is 86.4 Å². The zero-order chi connectivity index (χ0) is 30.4. The van der Waals surface area contributed by atoms with E-state index in [1.165, 1.54) is 29.0 Å². The molecule has 0 bridgehead atoms. The standard InChI is InChI=1S/C35H32FN3O4S/c1-2-43-35(42)29-25(15-11-20-9-13-22(36)14-10-20)37-32-26-8-5-19-39(26)34(41)31(32)30(29)27-17-18-28(44-27)33(40)38-24-16-12-21-6-3-4-7-23(21)24/h3-4,6-7,9-10,13-14,17-18,24,26H,2,5,8,11-12,15-16,19H2,1H3,(H,38,40)/t24-,26+/m1/s1. The van der Waals surface area contributed by atoms with Crippen molar-refractivity contribution in [3.8, 4) is 10.4 Å². The molecule has 0 radical (unpaired) electrons. The summed E-state index contributed by atoms with van der Waals surface area (Å²) in [5.74, 6) is -1.18. The van der Waals surface area contributed by atoms with E-state index in [-0.39, 0.29) is 41.9 Å². The number of thiophene rings is 1. The molecule has 4 aromatic rings. The largest absolute Gasteiger partial charge is 0.462 e. The minimum atomic E-state index is -0.547. The van der Waals surface area contributed by atoms with E-state index in [1.54, 1.807) is 25.1 Å². The van der Waals surface area contributed by atoms with Crippen molar-refractivity contribution in [1.29, 1.82) is 0 Å². The van der Waals surface area contributed by atoms with E-state index < -0.39 is 5.97 Å². The number of hydrogen-bond donors (Lipinski definition) is 1. The highest BCUT2D eigenvalue weighted by Crippen LogP contribution is 2.47. The lowest BCUT2D eigenvalue weighted by molar-refractivity contribution is 0.0525. The maximum Gasteiger partial charge on any atom is 0.340 e. The Labute approximate surface area is 259 Å². The van der Waals surface area contributed by atoms with Gasteiger partial charge in [-0.15, -0.1) is 11.3 Å². The molecule has 3 aliphatic rings. The highest BCUT2D eigenvalue weighted by molar-refractivity contribution is 7.17. The number of carbonyl (C=O) groups is 3. The van der Waals surface area contributed by atoms with Gasteiger partial charge in [0.05, 0.1) is 46.1 Å². The Morgan fingerprint density at radius 3 is 2.68 bits per heavy atom. The van der Waals surface area contributed by atoms with E-state index in [1.807, 2.05) is 23.1 Å². The number of amides is 2. The fraction of sp³-hybridized carbons (Fsp3) is 0.314. The molecule has 7 rings (SSSR count). The fourth-order valence-corrected chi connectivity index (χ4v) is 7.81. The molecule has 1 aliphatic carbocycles. The molecule has 2 aromatic carbocycles. The maximum atomic E-state index is 13.8. The first-order valence-electron chi connectivity index (χ1n) is 15.2. The van der Waals surface area contributed by atoms with Gasteiger partial charge in [-0.2, -0.15) is 0 Å². The zero-order valence-corrected chi connectivity index (χ0v) is 25.2. The average molecular weight is 610 g/mol. The van der Waals surface area contributed by atoms with Gasteiger partial charge < -0.3 is 15.0 Å². The first-order valence-corrected chi connectivity index (χ1v) is 16.0. The highest BCUT2D eigenvalue weighted by Gasteiger charge is 2.45. The number of aromatic nitrogens is 1. The molecule has 0 saturated carbocycles. The number of rotatable bonds is 8. The van der Waals surface area contributed by atoms with Crippen LogP contribution in [0.4, 0.5) is 4.39 Å². The minimum Gasteiger partial charge on any atom is -0.462 e. The molecule has 0 unspecified atom stereocenters. The summed E-state index contributed by atoms with van der Waals surface area (Å²) in [6.07, 6.45) is 4.40. The molecule has 7 nitrogen and oxygen atoms in total. The lowest BCUT2D eigenvalue weighted by atomic mass is 9.93. The Balaban J connectivity index is 1.29. The quantitative estimate of drug-likeness (QED) is 0.227. The average Bonchev–Trinajstić information content (AvgIpc) is 3.83. The van der Waals surface area contributed by atoms with E-state index in [0.29, 0.717) is 51.7 Å². The second kappa shape index (κ2) is 11.6. The van der Waals surface area contributed by atoms with Gasteiger partial charge in [-0.1, -0.05) is 36.4 Å². The van der Waals surface area contributed by atoms with Crippen LogP contribution in [0.1, 0.15) is 96.7 Å². The van der Waals surface area contributed by atoms with Gasteiger partial charge in [0.25, 0.3) is 11.8 Å². The van der Waals surface area contributed by atoms with Gasteiger partial charge in [0.2, 0.25) is 0 Å². The summed E-state index contributed by atoms with van der Waals surface area (Å²) in [5, 5.41) is 3.19. The highest BCUT2D eigenvalue weighted by atomic mass is 32.1. The van der Waals surface area contributed by atoms with Crippen molar-refractivity contribution in [2.75, 3.05) is 13.2 Å². The van der Waals surface area contributed by atoms with Crippen LogP contribution in [0.3, 0.4) is 0 Å². The SMILES string of the molecule is CCOC(=O)c1c(CCc2ccc(F)cc2)nc2c(c1-c1ccc(C(=O)N[C@@H]3CCc4ccccc43)s1)C(=O)N1CCC[C@@H]21. The topological polar surface area (TPSA) is 88.6 Å². The van der Waals surface area contributed by atoms with Crippen LogP contribution < -0.4 is 5.32 Å². The summed E-state index contributed by atoms with van der Waals surface area (Å²) in [7, 11) is 0. The molecule has 4 heterocycles. The summed E-state index contributed by atoms with van der Waals surface area (Å²) >= 11 is 1.27. The predicted molar refractivity (Wildman–Crippen MR) is 165 cm³/mol. The van der Waals surface area contributed by atoms with Crippen molar-refractivity contribution in [3.63, 3.8) is 0 Å². The smallest absolute Gasteiger partial charge is 0.340 e. The second-order valence-corrected chi connectivity index (χ2v) is 12.6. The van der Waals surface area contributed by atoms with Crippen LogP contribution in [-0.4, -0.2) is 40.8 Å². The van der Waals surface area contributed by atoms with Gasteiger partial charge in [-0.25, -0.2) is 9.18 Å². The number of fused-ring (bicyclic) bond motifs is 4. The van der Waals surface area contributed by atoms with Gasteiger partial charge in [0.1, 0.15) is 5.82 Å². The molecule has 2 atom stereocenters. The monoisotopic (exact) mass is 609 g/mol. The summed E-state index contributed by atoms with van der Waals surface area (Å²) in [6.45, 7) is 2.54. The molecule has 2 amide bonds. The first kappa shape index (κ1) is 28.4. The number of aryl methyl sites for hydroxylation is 3. The van der Waals surface area contributed by atoms with Crippen LogP contribution in [0.15, 0.2) is 60.7 Å². The van der Waals surface area contributed by atoms with Crippen LogP contribution >= 0.6 is 11.3 Å². The van der Waals surface area contributed by atoms with Crippen molar-refractivity contribution in [2.24, 2.45) is 0 Å². The van der Waals surface area contributed by atoms with Crippen LogP contribution in [-0.2, 0) is 24.0 Å². The van der Waals surface area contributed by atoms with Gasteiger partial charge in [-0.3, -0.25) is 14.6 Å². The lowest BCUT2D eigenvalue weighted by Gasteiger charge is -2.17. The van der Waals surface area contributed by atoms with Crippen molar-refractivity contribution in [3.05, 3.63) is 111 Å². The van der Waals surface area contributed by atoms with Gasteiger partial charge in [0, 0.05) is 17.0 Å². The van der Waals surface area contributed by atoms with Gasteiger partial charge in [0.15, 0.2) is 0 Å². The zero-order valence-electron chi connectivity index (χ0n) is 24.4. The molecular weight excluding hydrogens is 577 g/mol. The van der Waals surface area contributed by atoms with Gasteiger partial charge >= 0.3 is 5.97 Å². The summed E-state index contributed by atoms with van der Waals surface area (Å²) < 4.78 is 19.1. The lowest BCUT2D eigenvalue weighted by Crippen LogP contribution is -2.26. The molecule has 1 N–H and O–H groups in total. The Kier molecular flexibility index (Phi) is 7.50. The fourth-order valence-electron chi connectivity index (χ4n) is 6.84.